The number of rotatable bonds is 8. The summed E-state index contributed by atoms with van der Waals surface area (Å²) in [6, 6.07) is 18.3. The number of aromatic nitrogens is 2. The van der Waals surface area contributed by atoms with Crippen LogP contribution in [0.3, 0.4) is 0 Å². The van der Waals surface area contributed by atoms with Crippen LogP contribution >= 0.6 is 0 Å². The lowest BCUT2D eigenvalue weighted by molar-refractivity contribution is 0.174. The van der Waals surface area contributed by atoms with E-state index in [1.807, 2.05) is 30.3 Å². The molecule has 0 saturated carbocycles. The number of hydrogen-bond acceptors (Lipinski definition) is 6. The molecule has 0 spiro atoms. The molecule has 0 radical (unpaired) electrons. The Balaban J connectivity index is 1.26. The highest BCUT2D eigenvalue weighted by atomic mass is 16.7. The minimum Gasteiger partial charge on any atom is -0.454 e. The lowest BCUT2D eigenvalue weighted by Gasteiger charge is -2.09. The average molecular weight is 362 g/mol. The fraction of sp³-hybridized carbons (Fsp3) is 0.238. The van der Waals surface area contributed by atoms with Crippen LogP contribution in [0.5, 0.6) is 11.5 Å². The van der Waals surface area contributed by atoms with Crippen LogP contribution in [0.1, 0.15) is 17.5 Å². The van der Waals surface area contributed by atoms with E-state index in [0.717, 1.165) is 42.3 Å². The Bertz CT molecular complexity index is 886. The molecular weight excluding hydrogens is 340 g/mol. The van der Waals surface area contributed by atoms with Crippen molar-refractivity contribution in [2.24, 2.45) is 0 Å². The zero-order chi connectivity index (χ0) is 18.3. The Morgan fingerprint density at radius 2 is 1.78 bits per heavy atom. The molecule has 0 amide bonds. The lowest BCUT2D eigenvalue weighted by atomic mass is 10.1. The molecule has 0 saturated heterocycles. The monoisotopic (exact) mass is 362 g/mol. The largest absolute Gasteiger partial charge is 0.454 e. The maximum Gasteiger partial charge on any atom is 0.231 e. The van der Waals surface area contributed by atoms with Crippen molar-refractivity contribution in [2.75, 3.05) is 24.0 Å². The smallest absolute Gasteiger partial charge is 0.231 e. The van der Waals surface area contributed by atoms with Gasteiger partial charge in [-0.05, 0) is 42.2 Å². The third kappa shape index (κ3) is 4.67. The molecule has 4 rings (SSSR count). The summed E-state index contributed by atoms with van der Waals surface area (Å²) in [6.45, 7) is 1.78. The normalized spacial score (nSPS) is 12.0. The number of nitrogens with one attached hydrogen (secondary N) is 2. The van der Waals surface area contributed by atoms with Gasteiger partial charge < -0.3 is 20.1 Å². The van der Waals surface area contributed by atoms with Crippen molar-refractivity contribution in [1.29, 1.82) is 0 Å². The first-order chi connectivity index (χ1) is 13.4. The highest BCUT2D eigenvalue weighted by Gasteiger charge is 2.13. The van der Waals surface area contributed by atoms with Gasteiger partial charge >= 0.3 is 0 Å². The minimum atomic E-state index is 0.289. The van der Waals surface area contributed by atoms with Crippen LogP contribution in [0.4, 0.5) is 11.8 Å². The molecule has 1 aromatic heterocycles. The predicted molar refractivity (Wildman–Crippen MR) is 105 cm³/mol. The van der Waals surface area contributed by atoms with Crippen molar-refractivity contribution in [1.82, 2.24) is 9.97 Å². The first-order valence-electron chi connectivity index (χ1n) is 9.10. The van der Waals surface area contributed by atoms with Crippen LogP contribution in [0.2, 0.25) is 0 Å². The first kappa shape index (κ1) is 17.1. The highest BCUT2D eigenvalue weighted by molar-refractivity contribution is 5.46. The molecule has 1 aliphatic heterocycles. The van der Waals surface area contributed by atoms with Gasteiger partial charge in [-0.1, -0.05) is 36.4 Å². The quantitative estimate of drug-likeness (QED) is 0.593. The second kappa shape index (κ2) is 8.40. The van der Waals surface area contributed by atoms with Crippen LogP contribution in [0.25, 0.3) is 0 Å². The number of nitrogens with zero attached hydrogens (tertiary/aromatic N) is 2. The van der Waals surface area contributed by atoms with Crippen LogP contribution in [0.15, 0.2) is 60.8 Å². The maximum absolute atomic E-state index is 5.41. The van der Waals surface area contributed by atoms with Crippen molar-refractivity contribution >= 4 is 11.8 Å². The fourth-order valence-electron chi connectivity index (χ4n) is 2.92. The molecule has 0 fully saturated rings. The number of aryl methyl sites for hydroxylation is 1. The van der Waals surface area contributed by atoms with E-state index in [0.29, 0.717) is 12.5 Å². The molecule has 2 heterocycles. The predicted octanol–water partition coefficient (Wildman–Crippen LogP) is 3.86. The number of ether oxygens (including phenoxy) is 2. The van der Waals surface area contributed by atoms with E-state index in [4.69, 9.17) is 9.47 Å². The molecule has 2 N–H and O–H groups in total. The van der Waals surface area contributed by atoms with Gasteiger partial charge in [-0.15, -0.1) is 0 Å². The molecule has 2 aromatic carbocycles. The van der Waals surface area contributed by atoms with Crippen molar-refractivity contribution in [3.8, 4) is 11.5 Å². The molecule has 138 valence electrons. The Morgan fingerprint density at radius 3 is 2.70 bits per heavy atom. The molecule has 3 aromatic rings. The minimum absolute atomic E-state index is 0.289. The van der Waals surface area contributed by atoms with E-state index in [2.05, 4.69) is 44.9 Å². The number of benzene rings is 2. The third-order valence-corrected chi connectivity index (χ3v) is 4.33. The standard InChI is InChI=1S/C21H22N4O2/c1-2-5-16(6-3-1)7-4-11-22-21-23-12-10-20(25-21)24-14-17-8-9-18-19(13-17)27-15-26-18/h1-3,5-6,8-10,12-13H,4,7,11,14-15H2,(H2,22,23,24,25). The summed E-state index contributed by atoms with van der Waals surface area (Å²) in [5.41, 5.74) is 2.45. The zero-order valence-electron chi connectivity index (χ0n) is 15.0. The van der Waals surface area contributed by atoms with Crippen LogP contribution in [-0.4, -0.2) is 23.3 Å². The van der Waals surface area contributed by atoms with Crippen molar-refractivity contribution in [2.45, 2.75) is 19.4 Å². The van der Waals surface area contributed by atoms with E-state index in [-0.39, 0.29) is 6.79 Å². The van der Waals surface area contributed by atoms with Gasteiger partial charge in [0.25, 0.3) is 0 Å². The summed E-state index contributed by atoms with van der Waals surface area (Å²) in [6.07, 6.45) is 3.83. The van der Waals surface area contributed by atoms with Gasteiger partial charge in [0.15, 0.2) is 11.5 Å². The summed E-state index contributed by atoms with van der Waals surface area (Å²) in [7, 11) is 0. The van der Waals surface area contributed by atoms with Gasteiger partial charge in [-0.2, -0.15) is 4.98 Å². The Morgan fingerprint density at radius 1 is 0.889 bits per heavy atom. The van der Waals surface area contributed by atoms with Crippen LogP contribution < -0.4 is 20.1 Å². The Kier molecular flexibility index (Phi) is 5.34. The molecule has 0 aliphatic carbocycles. The van der Waals surface area contributed by atoms with E-state index in [1.165, 1.54) is 5.56 Å². The number of fused-ring (bicyclic) bond motifs is 1. The average Bonchev–Trinajstić information content (AvgIpc) is 3.19. The SMILES string of the molecule is c1ccc(CCCNc2nccc(NCc3ccc4c(c3)OCO4)n2)cc1. The summed E-state index contributed by atoms with van der Waals surface area (Å²) in [5.74, 6) is 3.01. The van der Waals surface area contributed by atoms with E-state index < -0.39 is 0 Å². The molecule has 0 unspecified atom stereocenters. The van der Waals surface area contributed by atoms with Gasteiger partial charge in [0.2, 0.25) is 12.7 Å². The molecule has 1 aliphatic rings. The van der Waals surface area contributed by atoms with E-state index in [1.54, 1.807) is 6.20 Å². The van der Waals surface area contributed by atoms with Gasteiger partial charge in [-0.25, -0.2) is 4.98 Å². The maximum atomic E-state index is 5.41. The van der Waals surface area contributed by atoms with E-state index >= 15 is 0 Å². The first-order valence-corrected chi connectivity index (χ1v) is 9.10. The zero-order valence-corrected chi connectivity index (χ0v) is 15.0. The Labute approximate surface area is 158 Å². The lowest BCUT2D eigenvalue weighted by Crippen LogP contribution is -2.08. The molecular formula is C21H22N4O2. The van der Waals surface area contributed by atoms with Gasteiger partial charge in [0.05, 0.1) is 0 Å². The summed E-state index contributed by atoms with van der Waals surface area (Å²) in [4.78, 5) is 8.80. The topological polar surface area (TPSA) is 68.3 Å². The van der Waals surface area contributed by atoms with Gasteiger partial charge in [0, 0.05) is 19.3 Å². The summed E-state index contributed by atoms with van der Waals surface area (Å²) >= 11 is 0. The van der Waals surface area contributed by atoms with Crippen LogP contribution in [-0.2, 0) is 13.0 Å². The molecule has 0 bridgehead atoms. The second-order valence-corrected chi connectivity index (χ2v) is 6.32. The van der Waals surface area contributed by atoms with Crippen molar-refractivity contribution in [3.05, 3.63) is 71.9 Å². The number of hydrogen-bond donors (Lipinski definition) is 2. The highest BCUT2D eigenvalue weighted by Crippen LogP contribution is 2.32. The fourth-order valence-corrected chi connectivity index (χ4v) is 2.92. The number of anilines is 2. The Hall–Kier alpha value is -3.28. The molecule has 6 nitrogen and oxygen atoms in total. The summed E-state index contributed by atoms with van der Waals surface area (Å²) in [5, 5.41) is 6.61. The van der Waals surface area contributed by atoms with Crippen molar-refractivity contribution < 1.29 is 9.47 Å². The van der Waals surface area contributed by atoms with E-state index in [9.17, 15) is 0 Å². The molecule has 0 atom stereocenters. The van der Waals surface area contributed by atoms with Gasteiger partial charge in [-0.3, -0.25) is 0 Å². The molecule has 27 heavy (non-hydrogen) atoms. The molecule has 6 heteroatoms. The van der Waals surface area contributed by atoms with Crippen molar-refractivity contribution in [3.63, 3.8) is 0 Å². The van der Waals surface area contributed by atoms with Crippen LogP contribution in [0, 0.1) is 0 Å². The summed E-state index contributed by atoms with van der Waals surface area (Å²) < 4.78 is 10.7. The van der Waals surface area contributed by atoms with Gasteiger partial charge in [0.1, 0.15) is 5.82 Å². The second-order valence-electron chi connectivity index (χ2n) is 6.32. The third-order valence-electron chi connectivity index (χ3n) is 4.33.